The summed E-state index contributed by atoms with van der Waals surface area (Å²) in [7, 11) is 0. The van der Waals surface area contributed by atoms with Crippen molar-refractivity contribution in [1.29, 1.82) is 0 Å². The van der Waals surface area contributed by atoms with Crippen molar-refractivity contribution >= 4 is 29.1 Å². The van der Waals surface area contributed by atoms with Crippen molar-refractivity contribution < 1.29 is 4.79 Å². The number of benzene rings is 2. The predicted molar refractivity (Wildman–Crippen MR) is 130 cm³/mol. The van der Waals surface area contributed by atoms with Crippen LogP contribution < -0.4 is 5.32 Å². The standard InChI is InChI=1S/C25H27N5OS/c1-4-5-13-20-17(2)26-24-28-25(29-30(24)18(20)3)32-16-23(31)27-22-15-10-9-14-21(22)19-11-7-6-8-12-19/h6-12,14-15H,4-5,13,16H2,1-3H3,(H,27,31). The molecule has 4 rings (SSSR count). The molecule has 0 aliphatic carbocycles. The van der Waals surface area contributed by atoms with Crippen LogP contribution in [0.3, 0.4) is 0 Å². The number of nitrogens with one attached hydrogen (secondary N) is 1. The van der Waals surface area contributed by atoms with Crippen molar-refractivity contribution in [2.24, 2.45) is 0 Å². The van der Waals surface area contributed by atoms with Crippen molar-refractivity contribution in [1.82, 2.24) is 19.6 Å². The van der Waals surface area contributed by atoms with E-state index in [1.165, 1.54) is 17.3 Å². The Labute approximate surface area is 192 Å². The Morgan fingerprint density at radius 2 is 1.78 bits per heavy atom. The van der Waals surface area contributed by atoms with Crippen molar-refractivity contribution in [3.8, 4) is 11.1 Å². The van der Waals surface area contributed by atoms with Crippen LogP contribution in [0, 0.1) is 13.8 Å². The summed E-state index contributed by atoms with van der Waals surface area (Å²) < 4.78 is 1.79. The predicted octanol–water partition coefficient (Wildman–Crippen LogP) is 5.48. The van der Waals surface area contributed by atoms with Gasteiger partial charge in [0.1, 0.15) is 0 Å². The first-order valence-corrected chi connectivity index (χ1v) is 11.9. The minimum Gasteiger partial charge on any atom is -0.325 e. The number of carbonyl (C=O) groups is 1. The molecule has 6 nitrogen and oxygen atoms in total. The van der Waals surface area contributed by atoms with E-state index < -0.39 is 0 Å². The van der Waals surface area contributed by atoms with Gasteiger partial charge < -0.3 is 5.32 Å². The second kappa shape index (κ2) is 9.96. The number of aromatic nitrogens is 4. The molecule has 0 unspecified atom stereocenters. The van der Waals surface area contributed by atoms with Gasteiger partial charge in [0.05, 0.1) is 5.75 Å². The first-order chi connectivity index (χ1) is 15.6. The molecule has 0 saturated heterocycles. The number of hydrogen-bond donors (Lipinski definition) is 1. The summed E-state index contributed by atoms with van der Waals surface area (Å²) in [4.78, 5) is 21.8. The quantitative estimate of drug-likeness (QED) is 0.364. The lowest BCUT2D eigenvalue weighted by atomic mass is 10.0. The highest BCUT2D eigenvalue weighted by atomic mass is 32.2. The van der Waals surface area contributed by atoms with Gasteiger partial charge in [0, 0.05) is 22.6 Å². The third-order valence-corrected chi connectivity index (χ3v) is 6.27. The molecule has 4 aromatic rings. The maximum absolute atomic E-state index is 12.7. The van der Waals surface area contributed by atoms with Gasteiger partial charge in [-0.25, -0.2) is 9.50 Å². The summed E-state index contributed by atoms with van der Waals surface area (Å²) in [6.45, 7) is 6.27. The zero-order chi connectivity index (χ0) is 22.5. The van der Waals surface area contributed by atoms with E-state index in [1.54, 1.807) is 4.52 Å². The normalized spacial score (nSPS) is 11.1. The van der Waals surface area contributed by atoms with Crippen LogP contribution in [0.25, 0.3) is 16.9 Å². The summed E-state index contributed by atoms with van der Waals surface area (Å²) in [6, 6.07) is 17.9. The van der Waals surface area contributed by atoms with Gasteiger partial charge in [-0.2, -0.15) is 4.98 Å². The molecule has 0 aliphatic rings. The summed E-state index contributed by atoms with van der Waals surface area (Å²) in [5.41, 5.74) is 6.15. The SMILES string of the molecule is CCCCc1c(C)nc2nc(SCC(=O)Nc3ccccc3-c3ccccc3)nn2c1C. The van der Waals surface area contributed by atoms with Crippen LogP contribution in [0.5, 0.6) is 0 Å². The lowest BCUT2D eigenvalue weighted by Crippen LogP contribution is -2.14. The number of anilines is 1. The van der Waals surface area contributed by atoms with Gasteiger partial charge >= 0.3 is 0 Å². The average molecular weight is 446 g/mol. The van der Waals surface area contributed by atoms with Gasteiger partial charge in [-0.3, -0.25) is 4.79 Å². The minimum atomic E-state index is -0.0956. The van der Waals surface area contributed by atoms with Crippen LogP contribution in [0.2, 0.25) is 0 Å². The van der Waals surface area contributed by atoms with E-state index in [0.29, 0.717) is 10.9 Å². The van der Waals surface area contributed by atoms with Gasteiger partial charge in [0.15, 0.2) is 0 Å². The number of carbonyl (C=O) groups excluding carboxylic acids is 1. The van der Waals surface area contributed by atoms with Crippen molar-refractivity contribution in [2.45, 2.75) is 45.2 Å². The monoisotopic (exact) mass is 445 g/mol. The number of unbranched alkanes of at least 4 members (excludes halogenated alkanes) is 1. The lowest BCUT2D eigenvalue weighted by molar-refractivity contribution is -0.113. The third-order valence-electron chi connectivity index (χ3n) is 5.43. The Morgan fingerprint density at radius 1 is 1.03 bits per heavy atom. The zero-order valence-corrected chi connectivity index (χ0v) is 19.4. The largest absolute Gasteiger partial charge is 0.325 e. The number of aryl methyl sites for hydroxylation is 2. The third kappa shape index (κ3) is 4.83. The number of hydrogen-bond acceptors (Lipinski definition) is 5. The maximum Gasteiger partial charge on any atom is 0.253 e. The van der Waals surface area contributed by atoms with Crippen LogP contribution in [0.15, 0.2) is 59.8 Å². The number of fused-ring (bicyclic) bond motifs is 1. The number of thioether (sulfide) groups is 1. The molecule has 164 valence electrons. The molecule has 0 radical (unpaired) electrons. The first kappa shape index (κ1) is 22.0. The molecular weight excluding hydrogens is 418 g/mol. The Balaban J connectivity index is 1.47. The second-order valence-corrected chi connectivity index (χ2v) is 8.66. The molecule has 0 bridgehead atoms. The first-order valence-electron chi connectivity index (χ1n) is 10.9. The molecule has 7 heteroatoms. The van der Waals surface area contributed by atoms with Crippen molar-refractivity contribution in [2.75, 3.05) is 11.1 Å². The molecule has 0 aliphatic heterocycles. The fraction of sp³-hybridized carbons (Fsp3) is 0.280. The van der Waals surface area contributed by atoms with Crippen LogP contribution in [-0.2, 0) is 11.2 Å². The zero-order valence-electron chi connectivity index (χ0n) is 18.6. The highest BCUT2D eigenvalue weighted by molar-refractivity contribution is 7.99. The highest BCUT2D eigenvalue weighted by Gasteiger charge is 2.15. The molecule has 0 saturated carbocycles. The number of rotatable bonds is 8. The van der Waals surface area contributed by atoms with Gasteiger partial charge in [-0.15, -0.1) is 5.10 Å². The van der Waals surface area contributed by atoms with E-state index in [1.807, 2.05) is 61.5 Å². The molecule has 1 amide bonds. The van der Waals surface area contributed by atoms with Gasteiger partial charge in [-0.05, 0) is 43.9 Å². The number of amides is 1. The second-order valence-electron chi connectivity index (χ2n) is 7.72. The van der Waals surface area contributed by atoms with Gasteiger partial charge in [0.2, 0.25) is 11.1 Å². The molecule has 0 fully saturated rings. The van der Waals surface area contributed by atoms with E-state index in [9.17, 15) is 4.79 Å². The summed E-state index contributed by atoms with van der Waals surface area (Å²) >= 11 is 1.32. The van der Waals surface area contributed by atoms with Crippen molar-refractivity contribution in [3.05, 3.63) is 71.5 Å². The molecule has 32 heavy (non-hydrogen) atoms. The van der Waals surface area contributed by atoms with E-state index in [-0.39, 0.29) is 11.7 Å². The van der Waals surface area contributed by atoms with Gasteiger partial charge in [0.25, 0.3) is 5.78 Å². The van der Waals surface area contributed by atoms with Crippen LogP contribution in [-0.4, -0.2) is 31.2 Å². The molecule has 2 heterocycles. The van der Waals surface area contributed by atoms with Crippen LogP contribution in [0.1, 0.15) is 36.7 Å². The minimum absolute atomic E-state index is 0.0956. The number of nitrogens with zero attached hydrogens (tertiary/aromatic N) is 4. The molecule has 1 N–H and O–H groups in total. The Morgan fingerprint density at radius 3 is 2.56 bits per heavy atom. The average Bonchev–Trinajstić information content (AvgIpc) is 3.22. The van der Waals surface area contributed by atoms with E-state index in [4.69, 9.17) is 0 Å². The fourth-order valence-corrected chi connectivity index (χ4v) is 4.36. The Bertz CT molecular complexity index is 1240. The molecular formula is C25H27N5OS. The fourth-order valence-electron chi connectivity index (χ4n) is 3.74. The molecule has 2 aromatic heterocycles. The van der Waals surface area contributed by atoms with E-state index >= 15 is 0 Å². The van der Waals surface area contributed by atoms with Crippen LogP contribution >= 0.6 is 11.8 Å². The molecule has 0 atom stereocenters. The summed E-state index contributed by atoms with van der Waals surface area (Å²) in [5, 5.41) is 8.18. The van der Waals surface area contributed by atoms with Gasteiger partial charge in [-0.1, -0.05) is 73.6 Å². The van der Waals surface area contributed by atoms with E-state index in [0.717, 1.165) is 47.5 Å². The Kier molecular flexibility index (Phi) is 6.85. The summed E-state index contributed by atoms with van der Waals surface area (Å²) in [5.74, 6) is 0.708. The lowest BCUT2D eigenvalue weighted by Gasteiger charge is -2.10. The number of para-hydroxylation sites is 1. The van der Waals surface area contributed by atoms with Crippen LogP contribution in [0.4, 0.5) is 5.69 Å². The smallest absolute Gasteiger partial charge is 0.253 e. The Hall–Kier alpha value is -3.19. The molecule has 2 aromatic carbocycles. The van der Waals surface area contributed by atoms with E-state index in [2.05, 4.69) is 34.2 Å². The maximum atomic E-state index is 12.7. The summed E-state index contributed by atoms with van der Waals surface area (Å²) in [6.07, 6.45) is 3.25. The topological polar surface area (TPSA) is 72.2 Å². The molecule has 0 spiro atoms. The highest BCUT2D eigenvalue weighted by Crippen LogP contribution is 2.28. The van der Waals surface area contributed by atoms with Crippen molar-refractivity contribution in [3.63, 3.8) is 0 Å².